The third kappa shape index (κ3) is 5.41. The van der Waals surface area contributed by atoms with Gasteiger partial charge in [0.15, 0.2) is 0 Å². The number of hydrogen-bond donors (Lipinski definition) is 0. The van der Waals surface area contributed by atoms with Gasteiger partial charge in [0.2, 0.25) is 0 Å². The molecule has 53 heavy (non-hydrogen) atoms. The van der Waals surface area contributed by atoms with Crippen LogP contribution in [0.2, 0.25) is 0 Å². The molecule has 1 aromatic heterocycles. The van der Waals surface area contributed by atoms with Crippen molar-refractivity contribution < 1.29 is 0 Å². The van der Waals surface area contributed by atoms with E-state index in [1.165, 1.54) is 98.1 Å². The van der Waals surface area contributed by atoms with E-state index in [-0.39, 0.29) is 0 Å². The molecule has 0 fully saturated rings. The molecule has 0 aliphatic heterocycles. The minimum Gasteiger partial charge on any atom is -0.136 e. The number of rotatable bonds is 5. The highest BCUT2D eigenvalue weighted by molar-refractivity contribution is 7.20. The molecule has 0 amide bonds. The van der Waals surface area contributed by atoms with E-state index in [1.807, 2.05) is 11.3 Å². The van der Waals surface area contributed by atoms with Crippen molar-refractivity contribution in [1.82, 2.24) is 0 Å². The van der Waals surface area contributed by atoms with Crippen LogP contribution in [0.5, 0.6) is 0 Å². The van der Waals surface area contributed by atoms with Crippen LogP contribution < -0.4 is 0 Å². The Morgan fingerprint density at radius 1 is 0.585 bits per heavy atom. The Hall–Kier alpha value is -5.50. The Bertz CT molecular complexity index is 2690. The summed E-state index contributed by atoms with van der Waals surface area (Å²) in [4.78, 5) is 1.44. The van der Waals surface area contributed by atoms with Crippen LogP contribution in [-0.4, -0.2) is 0 Å². The standard InChI is InChI=1S/C52H42S/c1-33-16-6-7-21-38(33)36-19-14-20-37(31-36)50-41-24-10-11-25-42(41)51(40-23-9-8-22-39(40)35-17-4-3-5-18-35)46-30-34(2)45(32-47(46)50)43-27-15-29-49-52(43)44-26-12-13-28-48(44)53-49/h3-11,13-15,17-25,27-29,31-34H,12,16,26,30H2,1-2H3. The van der Waals surface area contributed by atoms with E-state index < -0.39 is 0 Å². The summed E-state index contributed by atoms with van der Waals surface area (Å²) in [5, 5.41) is 4.12. The van der Waals surface area contributed by atoms with E-state index in [0.29, 0.717) is 11.8 Å². The molecule has 7 aromatic rings. The maximum absolute atomic E-state index is 2.61. The van der Waals surface area contributed by atoms with E-state index in [1.54, 1.807) is 0 Å². The molecule has 0 nitrogen and oxygen atoms in total. The van der Waals surface area contributed by atoms with Crippen molar-refractivity contribution in [3.8, 4) is 33.4 Å². The van der Waals surface area contributed by atoms with Crippen molar-refractivity contribution >= 4 is 55.5 Å². The van der Waals surface area contributed by atoms with Crippen LogP contribution in [0.25, 0.3) is 77.5 Å². The maximum Gasteiger partial charge on any atom is 0.0358 e. The zero-order valence-corrected chi connectivity index (χ0v) is 31.2. The lowest BCUT2D eigenvalue weighted by molar-refractivity contribution is 0.740. The average molecular weight is 699 g/mol. The lowest BCUT2D eigenvalue weighted by Gasteiger charge is -2.31. The summed E-state index contributed by atoms with van der Waals surface area (Å²) in [5.74, 6) is 0.850. The minimum absolute atomic E-state index is 0.353. The number of aryl methyl sites for hydroxylation is 1. The second-order valence-corrected chi connectivity index (χ2v) is 16.2. The molecule has 1 heterocycles. The molecule has 3 aliphatic carbocycles. The first kappa shape index (κ1) is 32.2. The number of thiophene rings is 1. The van der Waals surface area contributed by atoms with Crippen LogP contribution in [0.1, 0.15) is 59.4 Å². The van der Waals surface area contributed by atoms with Gasteiger partial charge in [-0.05, 0) is 145 Å². The first-order valence-electron chi connectivity index (χ1n) is 19.3. The van der Waals surface area contributed by atoms with Crippen LogP contribution in [0.4, 0.5) is 0 Å². The Morgan fingerprint density at radius 2 is 1.30 bits per heavy atom. The highest BCUT2D eigenvalue weighted by Gasteiger charge is 2.30. The summed E-state index contributed by atoms with van der Waals surface area (Å²) < 4.78 is 1.41. The topological polar surface area (TPSA) is 0 Å². The largest absolute Gasteiger partial charge is 0.136 e. The molecule has 256 valence electrons. The smallest absolute Gasteiger partial charge is 0.0358 e. The van der Waals surface area contributed by atoms with Gasteiger partial charge in [-0.15, -0.1) is 11.3 Å². The first-order valence-corrected chi connectivity index (χ1v) is 20.1. The predicted octanol–water partition coefficient (Wildman–Crippen LogP) is 14.7. The summed E-state index contributed by atoms with van der Waals surface area (Å²) in [6, 6.07) is 45.6. The van der Waals surface area contributed by atoms with Crippen LogP contribution in [-0.2, 0) is 12.8 Å². The van der Waals surface area contributed by atoms with E-state index in [0.717, 1.165) is 25.7 Å². The molecular weight excluding hydrogens is 657 g/mol. The van der Waals surface area contributed by atoms with Crippen molar-refractivity contribution in [2.45, 2.75) is 39.5 Å². The number of allylic oxidation sites excluding steroid dienone is 6. The summed E-state index contributed by atoms with van der Waals surface area (Å²) in [7, 11) is 0. The van der Waals surface area contributed by atoms with Gasteiger partial charge in [0.25, 0.3) is 0 Å². The molecule has 10 rings (SSSR count). The predicted molar refractivity (Wildman–Crippen MR) is 231 cm³/mol. The monoisotopic (exact) mass is 698 g/mol. The van der Waals surface area contributed by atoms with Gasteiger partial charge >= 0.3 is 0 Å². The Morgan fingerprint density at radius 3 is 2.15 bits per heavy atom. The highest BCUT2D eigenvalue weighted by Crippen LogP contribution is 2.51. The van der Waals surface area contributed by atoms with Crippen LogP contribution >= 0.6 is 11.3 Å². The molecule has 0 spiro atoms. The fourth-order valence-electron chi connectivity index (χ4n) is 9.38. The average Bonchev–Trinajstić information content (AvgIpc) is 3.60. The SMILES string of the molecule is CC1CC=CC=C1c1cccc(-c2c3c(c(-c4ccccc4-c4ccccc4)c4ccccc24)CC(C)C(c2cccc4sc5c(c24)CCC=C5)=C3)c1. The number of hydrogen-bond acceptors (Lipinski definition) is 1. The second kappa shape index (κ2) is 13.2. The van der Waals surface area contributed by atoms with Crippen molar-refractivity contribution in [3.63, 3.8) is 0 Å². The van der Waals surface area contributed by atoms with Gasteiger partial charge in [0.1, 0.15) is 0 Å². The van der Waals surface area contributed by atoms with Crippen molar-refractivity contribution in [2.24, 2.45) is 11.8 Å². The summed E-state index contributed by atoms with van der Waals surface area (Å²) in [6.07, 6.45) is 18.5. The van der Waals surface area contributed by atoms with Crippen molar-refractivity contribution in [3.05, 3.63) is 178 Å². The Labute approximate surface area is 317 Å². The maximum atomic E-state index is 2.61. The Balaban J connectivity index is 1.29. The van der Waals surface area contributed by atoms with Gasteiger partial charge in [0, 0.05) is 15.0 Å². The van der Waals surface area contributed by atoms with E-state index >= 15 is 0 Å². The third-order valence-corrected chi connectivity index (χ3v) is 13.1. The van der Waals surface area contributed by atoms with Gasteiger partial charge in [-0.3, -0.25) is 0 Å². The minimum atomic E-state index is 0.353. The van der Waals surface area contributed by atoms with Crippen LogP contribution in [0, 0.1) is 11.8 Å². The summed E-state index contributed by atoms with van der Waals surface area (Å²) in [5.41, 5.74) is 17.9. The molecule has 0 saturated carbocycles. The zero-order chi connectivity index (χ0) is 35.5. The highest BCUT2D eigenvalue weighted by atomic mass is 32.1. The molecule has 2 atom stereocenters. The van der Waals surface area contributed by atoms with Gasteiger partial charge in [-0.25, -0.2) is 0 Å². The van der Waals surface area contributed by atoms with E-state index in [2.05, 4.69) is 172 Å². The van der Waals surface area contributed by atoms with Crippen molar-refractivity contribution in [2.75, 3.05) is 0 Å². The summed E-state index contributed by atoms with van der Waals surface area (Å²) in [6.45, 7) is 4.81. The molecule has 0 radical (unpaired) electrons. The van der Waals surface area contributed by atoms with Crippen LogP contribution in [0.3, 0.4) is 0 Å². The molecule has 0 saturated heterocycles. The molecule has 1 heteroatoms. The fraction of sp³-hybridized carbons (Fsp3) is 0.154. The van der Waals surface area contributed by atoms with E-state index in [9.17, 15) is 0 Å². The number of fused-ring (bicyclic) bond motifs is 5. The van der Waals surface area contributed by atoms with E-state index in [4.69, 9.17) is 0 Å². The van der Waals surface area contributed by atoms with Crippen molar-refractivity contribution in [1.29, 1.82) is 0 Å². The van der Waals surface area contributed by atoms with Gasteiger partial charge in [0.05, 0.1) is 0 Å². The van der Waals surface area contributed by atoms with Gasteiger partial charge < -0.3 is 0 Å². The molecule has 6 aromatic carbocycles. The normalized spacial score (nSPS) is 17.8. The third-order valence-electron chi connectivity index (χ3n) is 11.9. The number of benzene rings is 6. The molecule has 2 unspecified atom stereocenters. The van der Waals surface area contributed by atoms with Crippen LogP contribution in [0.15, 0.2) is 146 Å². The molecular formula is C52H42S. The fourth-order valence-corrected chi connectivity index (χ4v) is 10.6. The lowest BCUT2D eigenvalue weighted by Crippen LogP contribution is -2.13. The molecule has 3 aliphatic rings. The van der Waals surface area contributed by atoms with Gasteiger partial charge in [-0.1, -0.05) is 147 Å². The Kier molecular flexibility index (Phi) is 7.99. The second-order valence-electron chi connectivity index (χ2n) is 15.1. The molecule has 0 bridgehead atoms. The lowest BCUT2D eigenvalue weighted by atomic mass is 9.73. The quantitative estimate of drug-likeness (QED) is 0.168. The first-order chi connectivity index (χ1) is 26.1. The zero-order valence-electron chi connectivity index (χ0n) is 30.4. The van der Waals surface area contributed by atoms with Gasteiger partial charge in [-0.2, -0.15) is 0 Å². The molecule has 0 N–H and O–H groups in total. The summed E-state index contributed by atoms with van der Waals surface area (Å²) >= 11 is 1.96.